The number of methoxy groups -OCH3 is 1. The van der Waals surface area contributed by atoms with Crippen LogP contribution in [-0.2, 0) is 0 Å². The lowest BCUT2D eigenvalue weighted by Crippen LogP contribution is -2.43. The maximum absolute atomic E-state index is 13.2. The largest absolute Gasteiger partial charge is 0.497 e. The monoisotopic (exact) mass is 402 g/mol. The van der Waals surface area contributed by atoms with E-state index >= 15 is 0 Å². The second-order valence-electron chi connectivity index (χ2n) is 8.70. The van der Waals surface area contributed by atoms with E-state index in [1.165, 1.54) is 25.7 Å². The Morgan fingerprint density at radius 3 is 2.48 bits per heavy atom. The van der Waals surface area contributed by atoms with Gasteiger partial charge in [-0.2, -0.15) is 0 Å². The van der Waals surface area contributed by atoms with Crippen molar-refractivity contribution in [2.24, 2.45) is 0 Å². The molecule has 0 radical (unpaired) electrons. The van der Waals surface area contributed by atoms with E-state index in [0.717, 1.165) is 44.8 Å². The molecule has 1 atom stereocenters. The Hall–Kier alpha value is -1.79. The topological polar surface area (TPSA) is 62.2 Å². The Morgan fingerprint density at radius 2 is 1.79 bits per heavy atom. The van der Waals surface area contributed by atoms with Gasteiger partial charge in [0, 0.05) is 32.2 Å². The van der Waals surface area contributed by atoms with Gasteiger partial charge in [0.05, 0.1) is 18.8 Å². The van der Waals surface area contributed by atoms with Gasteiger partial charge in [-0.3, -0.25) is 4.79 Å². The summed E-state index contributed by atoms with van der Waals surface area (Å²) in [6.45, 7) is 3.21. The first-order valence-corrected chi connectivity index (χ1v) is 11.2. The molecule has 1 aromatic rings. The third-order valence-corrected chi connectivity index (χ3v) is 6.71. The summed E-state index contributed by atoms with van der Waals surface area (Å²) in [5, 5.41) is 9.97. The van der Waals surface area contributed by atoms with E-state index in [1.54, 1.807) is 18.1 Å². The third-order valence-electron chi connectivity index (χ3n) is 6.71. The molecule has 1 aromatic carbocycles. The number of rotatable bonds is 5. The Morgan fingerprint density at radius 1 is 1.03 bits per heavy atom. The summed E-state index contributed by atoms with van der Waals surface area (Å²) >= 11 is 0. The Kier molecular flexibility index (Phi) is 6.60. The number of nitrogens with zero attached hydrogens (tertiary/aromatic N) is 2. The van der Waals surface area contributed by atoms with Gasteiger partial charge >= 0.3 is 0 Å². The van der Waals surface area contributed by atoms with E-state index in [-0.39, 0.29) is 12.0 Å². The number of β-amino-alcohol motifs (C(OH)–C–C–N with tert-alkyl or cyclic N) is 1. The van der Waals surface area contributed by atoms with E-state index in [2.05, 4.69) is 4.90 Å². The van der Waals surface area contributed by atoms with Gasteiger partial charge in [0.25, 0.3) is 5.91 Å². The van der Waals surface area contributed by atoms with Crippen molar-refractivity contribution in [3.05, 3.63) is 23.8 Å². The van der Waals surface area contributed by atoms with Crippen molar-refractivity contribution in [3.8, 4) is 11.5 Å². The predicted octanol–water partition coefficient (Wildman–Crippen LogP) is 3.08. The molecule has 29 heavy (non-hydrogen) atoms. The first kappa shape index (κ1) is 20.5. The Labute approximate surface area is 173 Å². The van der Waals surface area contributed by atoms with Crippen LogP contribution in [0.2, 0.25) is 0 Å². The molecule has 3 fully saturated rings. The molecule has 3 aliphatic rings. The van der Waals surface area contributed by atoms with Crippen molar-refractivity contribution < 1.29 is 19.4 Å². The number of piperidine rings is 2. The van der Waals surface area contributed by atoms with E-state index in [1.807, 2.05) is 12.1 Å². The van der Waals surface area contributed by atoms with Gasteiger partial charge < -0.3 is 24.4 Å². The molecule has 1 amide bonds. The van der Waals surface area contributed by atoms with E-state index in [0.29, 0.717) is 30.2 Å². The van der Waals surface area contributed by atoms with E-state index in [9.17, 15) is 9.90 Å². The van der Waals surface area contributed by atoms with Crippen molar-refractivity contribution in [2.45, 2.75) is 69.6 Å². The highest BCUT2D eigenvalue weighted by Gasteiger charge is 2.30. The van der Waals surface area contributed by atoms with Crippen molar-refractivity contribution in [2.75, 3.05) is 33.3 Å². The van der Waals surface area contributed by atoms with E-state index in [4.69, 9.17) is 9.47 Å². The second-order valence-corrected chi connectivity index (χ2v) is 8.70. The lowest BCUT2D eigenvalue weighted by atomic mass is 10.0. The molecular formula is C23H34N2O4. The van der Waals surface area contributed by atoms with E-state index < -0.39 is 6.10 Å². The number of aliphatic hydroxyl groups is 1. The summed E-state index contributed by atoms with van der Waals surface area (Å²) in [6, 6.07) is 6.24. The SMILES string of the molecule is COc1ccc(OC2CCN(C3CCCC3)CC2)c(C(=O)N2CCC[C@@H](O)C2)c1. The highest BCUT2D eigenvalue weighted by atomic mass is 16.5. The van der Waals surface area contributed by atoms with Gasteiger partial charge in [-0.25, -0.2) is 0 Å². The number of aliphatic hydroxyl groups excluding tert-OH is 1. The average molecular weight is 403 g/mol. The maximum atomic E-state index is 13.2. The average Bonchev–Trinajstić information content (AvgIpc) is 3.29. The lowest BCUT2D eigenvalue weighted by molar-refractivity contribution is 0.0459. The van der Waals surface area contributed by atoms with Crippen LogP contribution in [-0.4, -0.2) is 72.4 Å². The normalized spacial score (nSPS) is 24.6. The van der Waals surface area contributed by atoms with Crippen LogP contribution in [0.3, 0.4) is 0 Å². The summed E-state index contributed by atoms with van der Waals surface area (Å²) in [5.74, 6) is 1.20. The number of hydrogen-bond donors (Lipinski definition) is 1. The van der Waals surface area contributed by atoms with Crippen molar-refractivity contribution in [1.29, 1.82) is 0 Å². The molecule has 0 bridgehead atoms. The smallest absolute Gasteiger partial charge is 0.257 e. The van der Waals surface area contributed by atoms with Gasteiger partial charge in [0.2, 0.25) is 0 Å². The molecule has 2 saturated heterocycles. The first-order valence-electron chi connectivity index (χ1n) is 11.2. The molecule has 1 saturated carbocycles. The number of hydrogen-bond acceptors (Lipinski definition) is 5. The van der Waals surface area contributed by atoms with Gasteiger partial charge in [-0.05, 0) is 56.7 Å². The zero-order valence-corrected chi connectivity index (χ0v) is 17.5. The summed E-state index contributed by atoms with van der Waals surface area (Å²) in [6.07, 6.45) is 8.68. The summed E-state index contributed by atoms with van der Waals surface area (Å²) in [5.41, 5.74) is 0.539. The van der Waals surface area contributed by atoms with Gasteiger partial charge in [0.1, 0.15) is 17.6 Å². The number of benzene rings is 1. The molecule has 0 spiro atoms. The van der Waals surface area contributed by atoms with Gasteiger partial charge in [0.15, 0.2) is 0 Å². The highest BCUT2D eigenvalue weighted by molar-refractivity contribution is 5.97. The fourth-order valence-corrected chi connectivity index (χ4v) is 5.02. The number of carbonyl (C=O) groups excluding carboxylic acids is 1. The number of ether oxygens (including phenoxy) is 2. The third kappa shape index (κ3) is 4.86. The van der Waals surface area contributed by atoms with Crippen molar-refractivity contribution in [3.63, 3.8) is 0 Å². The van der Waals surface area contributed by atoms with Crippen LogP contribution in [0.5, 0.6) is 11.5 Å². The van der Waals surface area contributed by atoms with Crippen LogP contribution in [0.15, 0.2) is 18.2 Å². The van der Waals surface area contributed by atoms with Crippen LogP contribution < -0.4 is 9.47 Å². The molecule has 6 heteroatoms. The van der Waals surface area contributed by atoms with Gasteiger partial charge in [-0.15, -0.1) is 0 Å². The van der Waals surface area contributed by atoms with Crippen LogP contribution in [0.1, 0.15) is 61.7 Å². The van der Waals surface area contributed by atoms with Crippen LogP contribution in [0.4, 0.5) is 0 Å². The minimum absolute atomic E-state index is 0.0824. The predicted molar refractivity (Wildman–Crippen MR) is 112 cm³/mol. The van der Waals surface area contributed by atoms with Crippen LogP contribution in [0, 0.1) is 0 Å². The summed E-state index contributed by atoms with van der Waals surface area (Å²) < 4.78 is 11.7. The molecule has 4 rings (SSSR count). The Bertz CT molecular complexity index is 696. The fraction of sp³-hybridized carbons (Fsp3) is 0.696. The molecular weight excluding hydrogens is 368 g/mol. The van der Waals surface area contributed by atoms with Crippen molar-refractivity contribution in [1.82, 2.24) is 9.80 Å². The highest BCUT2D eigenvalue weighted by Crippen LogP contribution is 2.31. The minimum Gasteiger partial charge on any atom is -0.497 e. The summed E-state index contributed by atoms with van der Waals surface area (Å²) in [4.78, 5) is 17.5. The molecule has 2 heterocycles. The number of carbonyl (C=O) groups is 1. The molecule has 2 aliphatic heterocycles. The van der Waals surface area contributed by atoms with Crippen molar-refractivity contribution >= 4 is 5.91 Å². The number of likely N-dealkylation sites (tertiary alicyclic amines) is 2. The lowest BCUT2D eigenvalue weighted by Gasteiger charge is -2.36. The quantitative estimate of drug-likeness (QED) is 0.820. The van der Waals surface area contributed by atoms with Crippen LogP contribution >= 0.6 is 0 Å². The Balaban J connectivity index is 1.43. The minimum atomic E-state index is -0.442. The zero-order chi connectivity index (χ0) is 20.2. The first-order chi connectivity index (χ1) is 14.1. The number of amides is 1. The molecule has 160 valence electrons. The molecule has 6 nitrogen and oxygen atoms in total. The second kappa shape index (κ2) is 9.35. The zero-order valence-electron chi connectivity index (χ0n) is 17.5. The standard InChI is InChI=1S/C23H34N2O4/c1-28-20-8-9-22(21(15-20)23(27)25-12-4-7-18(26)16-25)29-19-10-13-24(14-11-19)17-5-2-3-6-17/h8-9,15,17-19,26H,2-7,10-14,16H2,1H3/t18-/m1/s1. The van der Waals surface area contributed by atoms with Crippen LogP contribution in [0.25, 0.3) is 0 Å². The molecule has 0 aromatic heterocycles. The molecule has 0 unspecified atom stereocenters. The molecule has 1 aliphatic carbocycles. The summed E-state index contributed by atoms with van der Waals surface area (Å²) in [7, 11) is 1.60. The fourth-order valence-electron chi connectivity index (χ4n) is 5.02. The van der Waals surface area contributed by atoms with Gasteiger partial charge in [-0.1, -0.05) is 12.8 Å². The maximum Gasteiger partial charge on any atom is 0.257 e. The molecule has 1 N–H and O–H groups in total.